The summed E-state index contributed by atoms with van der Waals surface area (Å²) in [4.78, 5) is 28.7. The third-order valence-electron chi connectivity index (χ3n) is 6.20. The van der Waals surface area contributed by atoms with Crippen LogP contribution < -0.4 is 14.8 Å². The Bertz CT molecular complexity index is 1650. The molecule has 204 valence electrons. The van der Waals surface area contributed by atoms with Gasteiger partial charge in [0.15, 0.2) is 0 Å². The van der Waals surface area contributed by atoms with E-state index in [2.05, 4.69) is 15.2 Å². The predicted octanol–water partition coefficient (Wildman–Crippen LogP) is 4.94. The summed E-state index contributed by atoms with van der Waals surface area (Å²) in [7, 11) is 6.87. The van der Waals surface area contributed by atoms with Gasteiger partial charge in [0.2, 0.25) is 5.95 Å². The maximum atomic E-state index is 12.5. The van der Waals surface area contributed by atoms with E-state index in [9.17, 15) is 4.79 Å². The summed E-state index contributed by atoms with van der Waals surface area (Å²) in [6.07, 6.45) is 3.62. The van der Waals surface area contributed by atoms with Crippen molar-refractivity contribution < 1.29 is 19.0 Å². The van der Waals surface area contributed by atoms with Crippen molar-refractivity contribution >= 4 is 23.3 Å². The Morgan fingerprint density at radius 1 is 1.00 bits per heavy atom. The van der Waals surface area contributed by atoms with Crippen molar-refractivity contribution in [3.63, 3.8) is 0 Å². The largest absolute Gasteiger partial charge is 0.496 e. The second-order valence-electron chi connectivity index (χ2n) is 9.21. The number of hydrogen-bond donors (Lipinski definition) is 1. The zero-order chi connectivity index (χ0) is 28.1. The number of benzene rings is 2. The molecule has 0 saturated carbocycles. The van der Waals surface area contributed by atoms with E-state index < -0.39 is 5.97 Å². The molecule has 0 radical (unpaired) electrons. The lowest BCUT2D eigenvalue weighted by molar-refractivity contribution is 0.0597. The van der Waals surface area contributed by atoms with Gasteiger partial charge in [0.05, 0.1) is 31.3 Å². The van der Waals surface area contributed by atoms with E-state index in [4.69, 9.17) is 24.2 Å². The van der Waals surface area contributed by atoms with Crippen molar-refractivity contribution in [2.45, 2.75) is 0 Å². The van der Waals surface area contributed by atoms with Gasteiger partial charge in [-0.1, -0.05) is 12.1 Å². The van der Waals surface area contributed by atoms with E-state index in [1.54, 1.807) is 18.3 Å². The van der Waals surface area contributed by atoms with Gasteiger partial charge in [0.1, 0.15) is 29.3 Å². The number of imidazole rings is 1. The van der Waals surface area contributed by atoms with E-state index in [0.29, 0.717) is 35.3 Å². The summed E-state index contributed by atoms with van der Waals surface area (Å²) < 4.78 is 18.2. The van der Waals surface area contributed by atoms with Crippen LogP contribution in [0.1, 0.15) is 10.4 Å². The first kappa shape index (κ1) is 26.6. The third kappa shape index (κ3) is 5.71. The summed E-state index contributed by atoms with van der Waals surface area (Å²) in [5.41, 5.74) is 4.62. The molecule has 0 bridgehead atoms. The molecule has 2 aromatic carbocycles. The average molecular weight is 539 g/mol. The molecular formula is C30H30N6O4. The van der Waals surface area contributed by atoms with Crippen LogP contribution in [-0.4, -0.2) is 71.7 Å². The van der Waals surface area contributed by atoms with Crippen LogP contribution in [0.5, 0.6) is 11.5 Å². The molecule has 0 spiro atoms. The lowest BCUT2D eigenvalue weighted by Crippen LogP contribution is -2.19. The molecule has 0 unspecified atom stereocenters. The first-order valence-corrected chi connectivity index (χ1v) is 12.7. The highest BCUT2D eigenvalue weighted by atomic mass is 16.5. The van der Waals surface area contributed by atoms with Gasteiger partial charge in [0, 0.05) is 36.3 Å². The molecule has 0 aliphatic heterocycles. The molecule has 10 heteroatoms. The van der Waals surface area contributed by atoms with Crippen LogP contribution >= 0.6 is 0 Å². The molecule has 40 heavy (non-hydrogen) atoms. The molecule has 5 rings (SSSR count). The van der Waals surface area contributed by atoms with Crippen molar-refractivity contribution in [2.75, 3.05) is 46.8 Å². The van der Waals surface area contributed by atoms with Crippen LogP contribution in [0, 0.1) is 0 Å². The number of methoxy groups -OCH3 is 2. The predicted molar refractivity (Wildman–Crippen MR) is 153 cm³/mol. The van der Waals surface area contributed by atoms with Crippen molar-refractivity contribution in [3.05, 3.63) is 84.7 Å². The van der Waals surface area contributed by atoms with Gasteiger partial charge in [-0.15, -0.1) is 0 Å². The third-order valence-corrected chi connectivity index (χ3v) is 6.20. The van der Waals surface area contributed by atoms with E-state index in [0.717, 1.165) is 34.9 Å². The highest BCUT2D eigenvalue weighted by Crippen LogP contribution is 2.35. The summed E-state index contributed by atoms with van der Waals surface area (Å²) in [6.45, 7) is 1.41. The number of aromatic nitrogens is 4. The molecule has 3 aromatic heterocycles. The van der Waals surface area contributed by atoms with Crippen LogP contribution in [-0.2, 0) is 4.74 Å². The normalized spacial score (nSPS) is 11.0. The number of rotatable bonds is 10. The molecule has 5 aromatic rings. The molecule has 0 amide bonds. The van der Waals surface area contributed by atoms with Crippen LogP contribution in [0.2, 0.25) is 0 Å². The van der Waals surface area contributed by atoms with Gasteiger partial charge in [-0.3, -0.25) is 4.40 Å². The highest BCUT2D eigenvalue weighted by molar-refractivity contribution is 5.95. The maximum absolute atomic E-state index is 12.5. The Morgan fingerprint density at radius 3 is 2.67 bits per heavy atom. The number of anilines is 2. The molecule has 10 nitrogen and oxygen atoms in total. The summed E-state index contributed by atoms with van der Waals surface area (Å²) in [6, 6.07) is 20.6. The van der Waals surface area contributed by atoms with Crippen LogP contribution in [0.25, 0.3) is 28.3 Å². The average Bonchev–Trinajstić information content (AvgIpc) is 3.36. The number of nitrogens with one attached hydrogen (secondary N) is 1. The highest BCUT2D eigenvalue weighted by Gasteiger charge is 2.21. The Labute approximate surface area is 232 Å². The zero-order valence-electron chi connectivity index (χ0n) is 22.8. The van der Waals surface area contributed by atoms with E-state index in [-0.39, 0.29) is 0 Å². The fourth-order valence-electron chi connectivity index (χ4n) is 4.26. The molecule has 0 saturated heterocycles. The minimum atomic E-state index is -0.495. The lowest BCUT2D eigenvalue weighted by atomic mass is 10.0. The number of likely N-dealkylation sites (N-methyl/N-ethyl adjacent to an activating group) is 1. The van der Waals surface area contributed by atoms with Crippen molar-refractivity contribution in [1.29, 1.82) is 0 Å². The number of pyridine rings is 1. The Balaban J connectivity index is 1.52. The number of esters is 1. The molecule has 0 aliphatic carbocycles. The van der Waals surface area contributed by atoms with Crippen molar-refractivity contribution in [1.82, 2.24) is 24.3 Å². The minimum Gasteiger partial charge on any atom is -0.496 e. The number of fused-ring (bicyclic) bond motifs is 1. The quantitative estimate of drug-likeness (QED) is 0.248. The molecule has 1 N–H and O–H groups in total. The fourth-order valence-corrected chi connectivity index (χ4v) is 4.26. The second kappa shape index (κ2) is 11.8. The topological polar surface area (TPSA) is 103 Å². The molecule has 0 fully saturated rings. The lowest BCUT2D eigenvalue weighted by Gasteiger charge is -2.12. The second-order valence-corrected chi connectivity index (χ2v) is 9.21. The van der Waals surface area contributed by atoms with Gasteiger partial charge >= 0.3 is 5.97 Å². The summed E-state index contributed by atoms with van der Waals surface area (Å²) in [5.74, 6) is 1.10. The Morgan fingerprint density at radius 2 is 1.88 bits per heavy atom. The van der Waals surface area contributed by atoms with Crippen LogP contribution in [0.3, 0.4) is 0 Å². The number of ether oxygens (including phenoxy) is 3. The molecule has 0 aliphatic rings. The molecule has 0 atom stereocenters. The van der Waals surface area contributed by atoms with Crippen LogP contribution in [0.15, 0.2) is 79.1 Å². The maximum Gasteiger partial charge on any atom is 0.341 e. The number of carbonyl (C=O) groups is 1. The first-order chi connectivity index (χ1) is 19.5. The number of nitrogens with zero attached hydrogens (tertiary/aromatic N) is 5. The van der Waals surface area contributed by atoms with E-state index in [1.807, 2.05) is 79.3 Å². The van der Waals surface area contributed by atoms with Crippen LogP contribution in [0.4, 0.5) is 11.6 Å². The van der Waals surface area contributed by atoms with Gasteiger partial charge < -0.3 is 24.4 Å². The van der Waals surface area contributed by atoms with E-state index in [1.165, 1.54) is 14.2 Å². The Hall–Kier alpha value is -4.96. The molecular weight excluding hydrogens is 508 g/mol. The van der Waals surface area contributed by atoms with Gasteiger partial charge in [-0.05, 0) is 62.6 Å². The standard InChI is InChI=1S/C30H30N6O4/c1-35(2)16-17-40-22-9-7-8-21(19-22)32-30-31-14-13-24(33-30)28-27(34-26-10-5-6-15-36(26)28)20-11-12-25(38-3)23(18-20)29(37)39-4/h5-15,18-19H,16-17H2,1-4H3,(H,31,32,33). The summed E-state index contributed by atoms with van der Waals surface area (Å²) in [5, 5.41) is 3.28. The van der Waals surface area contributed by atoms with Crippen molar-refractivity contribution in [2.24, 2.45) is 0 Å². The van der Waals surface area contributed by atoms with Gasteiger partial charge in [0.25, 0.3) is 0 Å². The fraction of sp³-hybridized carbons (Fsp3) is 0.200. The monoisotopic (exact) mass is 538 g/mol. The molecule has 3 heterocycles. The Kier molecular flexibility index (Phi) is 7.88. The number of carbonyl (C=O) groups excluding carboxylic acids is 1. The number of hydrogen-bond acceptors (Lipinski definition) is 9. The zero-order valence-corrected chi connectivity index (χ0v) is 22.8. The van der Waals surface area contributed by atoms with Gasteiger partial charge in [-0.25, -0.2) is 19.7 Å². The van der Waals surface area contributed by atoms with Gasteiger partial charge in [-0.2, -0.15) is 0 Å². The first-order valence-electron chi connectivity index (χ1n) is 12.7. The summed E-state index contributed by atoms with van der Waals surface area (Å²) >= 11 is 0. The van der Waals surface area contributed by atoms with Crippen molar-refractivity contribution in [3.8, 4) is 34.1 Å². The SMILES string of the molecule is COC(=O)c1cc(-c2nc3ccccn3c2-c2ccnc(Nc3cccc(OCCN(C)C)c3)n2)ccc1OC. The van der Waals surface area contributed by atoms with E-state index >= 15 is 0 Å². The minimum absolute atomic E-state index is 0.309. The smallest absolute Gasteiger partial charge is 0.341 e.